The maximum Gasteiger partial charge on any atom is 0.335 e. The Labute approximate surface area is 115 Å². The first-order valence-corrected chi connectivity index (χ1v) is 6.85. The third-order valence-corrected chi connectivity index (χ3v) is 3.54. The fourth-order valence-electron chi connectivity index (χ4n) is 1.63. The number of carboxylic acids is 1. The molecule has 100 valence electrons. The van der Waals surface area contributed by atoms with E-state index in [1.807, 2.05) is 19.2 Å². The van der Waals surface area contributed by atoms with Crippen molar-refractivity contribution in [2.45, 2.75) is 26.8 Å². The van der Waals surface area contributed by atoms with Gasteiger partial charge in [0.25, 0.3) is 0 Å². The zero-order valence-corrected chi connectivity index (χ0v) is 11.6. The fourth-order valence-corrected chi connectivity index (χ4v) is 2.34. The molecule has 6 heteroatoms. The maximum atomic E-state index is 11.0. The SMILES string of the molecule is CCc1cc(C(=O)O)cc(NCc2nc(C)cs2)n1. The number of nitrogens with zero attached hydrogens (tertiary/aromatic N) is 2. The number of thiazole rings is 1. The van der Waals surface area contributed by atoms with Crippen LogP contribution < -0.4 is 5.32 Å². The molecule has 2 aromatic heterocycles. The average Bonchev–Trinajstić information content (AvgIpc) is 2.81. The van der Waals surface area contributed by atoms with Crippen molar-refractivity contribution >= 4 is 23.1 Å². The Bertz CT molecular complexity index is 595. The van der Waals surface area contributed by atoms with Gasteiger partial charge >= 0.3 is 5.97 Å². The van der Waals surface area contributed by atoms with Gasteiger partial charge in [-0.1, -0.05) is 6.92 Å². The second kappa shape index (κ2) is 5.79. The van der Waals surface area contributed by atoms with Crippen molar-refractivity contribution in [2.24, 2.45) is 0 Å². The summed E-state index contributed by atoms with van der Waals surface area (Å²) in [6.07, 6.45) is 0.701. The van der Waals surface area contributed by atoms with E-state index in [9.17, 15) is 4.79 Å². The van der Waals surface area contributed by atoms with Gasteiger partial charge in [-0.15, -0.1) is 11.3 Å². The molecule has 0 spiro atoms. The van der Waals surface area contributed by atoms with Gasteiger partial charge in [0.05, 0.1) is 12.1 Å². The lowest BCUT2D eigenvalue weighted by atomic mass is 10.2. The predicted octanol–water partition coefficient (Wildman–Crippen LogP) is 2.72. The number of carboxylic acid groups (broad SMARTS) is 1. The van der Waals surface area contributed by atoms with Crippen LogP contribution in [0.3, 0.4) is 0 Å². The van der Waals surface area contributed by atoms with Gasteiger partial charge < -0.3 is 10.4 Å². The topological polar surface area (TPSA) is 75.1 Å². The van der Waals surface area contributed by atoms with Crippen LogP contribution >= 0.6 is 11.3 Å². The Morgan fingerprint density at radius 1 is 1.42 bits per heavy atom. The molecule has 19 heavy (non-hydrogen) atoms. The Hall–Kier alpha value is -1.95. The monoisotopic (exact) mass is 277 g/mol. The number of carbonyl (C=O) groups is 1. The molecule has 0 fully saturated rings. The summed E-state index contributed by atoms with van der Waals surface area (Å²) in [4.78, 5) is 19.7. The fraction of sp³-hybridized carbons (Fsp3) is 0.308. The summed E-state index contributed by atoms with van der Waals surface area (Å²) in [5.74, 6) is -0.366. The first kappa shape index (κ1) is 13.5. The number of aryl methyl sites for hydroxylation is 2. The minimum Gasteiger partial charge on any atom is -0.478 e. The number of aromatic nitrogens is 2. The van der Waals surface area contributed by atoms with Crippen LogP contribution in [0.15, 0.2) is 17.5 Å². The Morgan fingerprint density at radius 2 is 2.21 bits per heavy atom. The van der Waals surface area contributed by atoms with E-state index in [0.29, 0.717) is 18.8 Å². The highest BCUT2D eigenvalue weighted by Gasteiger charge is 2.08. The molecule has 0 aliphatic heterocycles. The molecule has 2 heterocycles. The lowest BCUT2D eigenvalue weighted by Gasteiger charge is -2.07. The number of pyridine rings is 1. The van der Waals surface area contributed by atoms with E-state index in [-0.39, 0.29) is 5.56 Å². The van der Waals surface area contributed by atoms with Crippen molar-refractivity contribution in [3.8, 4) is 0 Å². The molecular formula is C13H15N3O2S. The van der Waals surface area contributed by atoms with Gasteiger partial charge in [0.2, 0.25) is 0 Å². The lowest BCUT2D eigenvalue weighted by molar-refractivity contribution is 0.0696. The van der Waals surface area contributed by atoms with E-state index in [2.05, 4.69) is 15.3 Å². The molecule has 0 unspecified atom stereocenters. The molecule has 0 aliphatic rings. The first-order valence-electron chi connectivity index (χ1n) is 5.97. The number of rotatable bonds is 5. The van der Waals surface area contributed by atoms with Crippen LogP contribution in [-0.2, 0) is 13.0 Å². The number of hydrogen-bond acceptors (Lipinski definition) is 5. The van der Waals surface area contributed by atoms with Crippen molar-refractivity contribution < 1.29 is 9.90 Å². The molecule has 2 rings (SSSR count). The van der Waals surface area contributed by atoms with Crippen molar-refractivity contribution in [2.75, 3.05) is 5.32 Å². The predicted molar refractivity (Wildman–Crippen MR) is 74.8 cm³/mol. The minimum atomic E-state index is -0.940. The molecule has 0 saturated heterocycles. The molecule has 0 atom stereocenters. The van der Waals surface area contributed by atoms with Crippen LogP contribution in [0.25, 0.3) is 0 Å². The van der Waals surface area contributed by atoms with Crippen LogP contribution in [0.1, 0.15) is 33.7 Å². The van der Waals surface area contributed by atoms with Crippen molar-refractivity contribution in [3.63, 3.8) is 0 Å². The zero-order chi connectivity index (χ0) is 13.8. The summed E-state index contributed by atoms with van der Waals surface area (Å²) in [7, 11) is 0. The van der Waals surface area contributed by atoms with E-state index >= 15 is 0 Å². The van der Waals surface area contributed by atoms with Crippen molar-refractivity contribution in [1.82, 2.24) is 9.97 Å². The van der Waals surface area contributed by atoms with Gasteiger partial charge in [0.15, 0.2) is 0 Å². The van der Waals surface area contributed by atoms with E-state index in [1.54, 1.807) is 23.5 Å². The number of anilines is 1. The van der Waals surface area contributed by atoms with Crippen molar-refractivity contribution in [3.05, 3.63) is 39.5 Å². The van der Waals surface area contributed by atoms with Crippen LogP contribution in [-0.4, -0.2) is 21.0 Å². The molecule has 0 aromatic carbocycles. The highest BCUT2D eigenvalue weighted by molar-refractivity contribution is 7.09. The largest absolute Gasteiger partial charge is 0.478 e. The average molecular weight is 277 g/mol. The summed E-state index contributed by atoms with van der Waals surface area (Å²) in [6.45, 7) is 4.44. The molecule has 0 aliphatic carbocycles. The Balaban J connectivity index is 2.15. The normalized spacial score (nSPS) is 10.4. The van der Waals surface area contributed by atoms with Gasteiger partial charge in [-0.25, -0.2) is 14.8 Å². The summed E-state index contributed by atoms with van der Waals surface area (Å²) in [5.41, 5.74) is 2.01. The minimum absolute atomic E-state index is 0.254. The second-order valence-corrected chi connectivity index (χ2v) is 5.07. The first-order chi connectivity index (χ1) is 9.08. The van der Waals surface area contributed by atoms with Crippen LogP contribution in [0.2, 0.25) is 0 Å². The highest BCUT2D eigenvalue weighted by Crippen LogP contribution is 2.14. The lowest BCUT2D eigenvalue weighted by Crippen LogP contribution is -2.06. The zero-order valence-electron chi connectivity index (χ0n) is 10.8. The van der Waals surface area contributed by atoms with Crippen LogP contribution in [0.4, 0.5) is 5.82 Å². The molecule has 0 amide bonds. The molecule has 0 saturated carbocycles. The molecular weight excluding hydrogens is 262 g/mol. The summed E-state index contributed by atoms with van der Waals surface area (Å²) in [6, 6.07) is 3.14. The highest BCUT2D eigenvalue weighted by atomic mass is 32.1. The quantitative estimate of drug-likeness (QED) is 0.879. The van der Waals surface area contributed by atoms with E-state index < -0.39 is 5.97 Å². The van der Waals surface area contributed by atoms with Gasteiger partial charge in [0, 0.05) is 16.8 Å². The number of hydrogen-bond donors (Lipinski definition) is 2. The summed E-state index contributed by atoms with van der Waals surface area (Å²) < 4.78 is 0. The molecule has 2 N–H and O–H groups in total. The van der Waals surface area contributed by atoms with Gasteiger partial charge in [-0.05, 0) is 25.5 Å². The number of nitrogens with one attached hydrogen (secondary N) is 1. The van der Waals surface area contributed by atoms with Crippen LogP contribution in [0.5, 0.6) is 0 Å². The third-order valence-electron chi connectivity index (χ3n) is 2.57. The van der Waals surface area contributed by atoms with E-state index in [4.69, 9.17) is 5.11 Å². The number of aromatic carboxylic acids is 1. The smallest absolute Gasteiger partial charge is 0.335 e. The summed E-state index contributed by atoms with van der Waals surface area (Å²) >= 11 is 1.57. The molecule has 0 radical (unpaired) electrons. The Morgan fingerprint density at radius 3 is 2.79 bits per heavy atom. The molecule has 0 bridgehead atoms. The molecule has 5 nitrogen and oxygen atoms in total. The maximum absolute atomic E-state index is 11.0. The summed E-state index contributed by atoms with van der Waals surface area (Å²) in [5, 5.41) is 15.1. The van der Waals surface area contributed by atoms with Crippen molar-refractivity contribution in [1.29, 1.82) is 0 Å². The van der Waals surface area contributed by atoms with Crippen LogP contribution in [0, 0.1) is 6.92 Å². The van der Waals surface area contributed by atoms with Gasteiger partial charge in [-0.3, -0.25) is 0 Å². The standard InChI is InChI=1S/C13H15N3O2S/c1-3-10-4-9(13(17)18)5-11(16-10)14-6-12-15-8(2)7-19-12/h4-5,7H,3,6H2,1-2H3,(H,14,16)(H,17,18). The van der Waals surface area contributed by atoms with E-state index in [0.717, 1.165) is 16.4 Å². The second-order valence-electron chi connectivity index (χ2n) is 4.13. The van der Waals surface area contributed by atoms with Gasteiger partial charge in [0.1, 0.15) is 10.8 Å². The third kappa shape index (κ3) is 3.51. The Kier molecular flexibility index (Phi) is 4.11. The molecule has 2 aromatic rings. The van der Waals surface area contributed by atoms with Gasteiger partial charge in [-0.2, -0.15) is 0 Å². The van der Waals surface area contributed by atoms with E-state index in [1.165, 1.54) is 0 Å².